The Hall–Kier alpha value is -3.66. The highest BCUT2D eigenvalue weighted by molar-refractivity contribution is 5.94. The Bertz CT molecular complexity index is 1160. The van der Waals surface area contributed by atoms with Crippen LogP contribution in [0.3, 0.4) is 0 Å². The number of aromatic carboxylic acids is 1. The zero-order valence-corrected chi connectivity index (χ0v) is 17.0. The number of rotatable bonds is 5. The number of aryl methyl sites for hydroxylation is 1. The maximum absolute atomic E-state index is 11.6. The summed E-state index contributed by atoms with van der Waals surface area (Å²) in [5.41, 5.74) is 4.44. The van der Waals surface area contributed by atoms with Gasteiger partial charge < -0.3 is 15.3 Å². The molecule has 0 saturated carbocycles. The first kappa shape index (κ1) is 19.6. The summed E-state index contributed by atoms with van der Waals surface area (Å²) in [6, 6.07) is 12.8. The lowest BCUT2D eigenvalue weighted by atomic mass is 10.0. The molecule has 0 bridgehead atoms. The molecule has 3 aromatic rings. The number of hydrogen-bond donors (Lipinski definition) is 2. The summed E-state index contributed by atoms with van der Waals surface area (Å²) in [4.78, 5) is 23.2. The highest BCUT2D eigenvalue weighted by Crippen LogP contribution is 2.31. The van der Waals surface area contributed by atoms with Gasteiger partial charge in [-0.25, -0.2) is 14.8 Å². The predicted octanol–water partition coefficient (Wildman–Crippen LogP) is 4.28. The van der Waals surface area contributed by atoms with Gasteiger partial charge in [-0.2, -0.15) is 5.26 Å². The molecule has 2 aromatic carbocycles. The predicted molar refractivity (Wildman–Crippen MR) is 116 cm³/mol. The molecule has 2 heterocycles. The van der Waals surface area contributed by atoms with E-state index < -0.39 is 5.97 Å². The molecule has 1 aliphatic heterocycles. The standard InChI is InChI=1S/C23H23N5O2/c1-14-11-17(15(2)25-18-8-4-3-7-16(18)23(29)30)21-19(12-14)26-20(13-24)22(27-21)28-9-5-6-10-28/h3-4,7-8,11-12,15,25H,5-6,9-10H2,1-2H3,(H,29,30). The second kappa shape index (κ2) is 7.99. The van der Waals surface area contributed by atoms with E-state index in [1.807, 2.05) is 26.0 Å². The Kier molecular flexibility index (Phi) is 5.23. The maximum atomic E-state index is 11.6. The fourth-order valence-electron chi connectivity index (χ4n) is 3.98. The van der Waals surface area contributed by atoms with Gasteiger partial charge in [0.15, 0.2) is 11.5 Å². The third kappa shape index (κ3) is 3.64. The second-order valence-corrected chi connectivity index (χ2v) is 7.64. The van der Waals surface area contributed by atoms with E-state index in [0.29, 0.717) is 22.7 Å². The zero-order valence-electron chi connectivity index (χ0n) is 17.0. The summed E-state index contributed by atoms with van der Waals surface area (Å²) >= 11 is 0. The van der Waals surface area contributed by atoms with Crippen molar-refractivity contribution in [3.05, 3.63) is 58.8 Å². The quantitative estimate of drug-likeness (QED) is 0.658. The average Bonchev–Trinajstić information content (AvgIpc) is 3.27. The minimum Gasteiger partial charge on any atom is -0.478 e. The van der Waals surface area contributed by atoms with Crippen molar-refractivity contribution in [2.24, 2.45) is 0 Å². The molecule has 2 N–H and O–H groups in total. The number of nitrogens with zero attached hydrogens (tertiary/aromatic N) is 4. The minimum atomic E-state index is -0.978. The molecule has 0 amide bonds. The van der Waals surface area contributed by atoms with Gasteiger partial charge in [0.25, 0.3) is 0 Å². The van der Waals surface area contributed by atoms with Crippen molar-refractivity contribution < 1.29 is 9.90 Å². The molecule has 0 aliphatic carbocycles. The molecule has 152 valence electrons. The fraction of sp³-hybridized carbons (Fsp3) is 0.304. The molecule has 1 aromatic heterocycles. The Labute approximate surface area is 175 Å². The number of anilines is 2. The molecule has 0 radical (unpaired) electrons. The van der Waals surface area contributed by atoms with Crippen molar-refractivity contribution in [2.45, 2.75) is 32.7 Å². The third-order valence-electron chi connectivity index (χ3n) is 5.43. The number of nitriles is 1. The molecule has 30 heavy (non-hydrogen) atoms. The van der Waals surface area contributed by atoms with E-state index in [9.17, 15) is 15.2 Å². The van der Waals surface area contributed by atoms with Crippen LogP contribution in [-0.4, -0.2) is 34.1 Å². The number of carbonyl (C=O) groups is 1. The molecular weight excluding hydrogens is 378 g/mol. The molecule has 1 saturated heterocycles. The number of hydrogen-bond acceptors (Lipinski definition) is 6. The molecule has 7 nitrogen and oxygen atoms in total. The molecule has 0 spiro atoms. The molecule has 4 rings (SSSR count). The molecule has 1 atom stereocenters. The van der Waals surface area contributed by atoms with Crippen LogP contribution in [0.4, 0.5) is 11.5 Å². The molecule has 7 heteroatoms. The molecule has 1 aliphatic rings. The summed E-state index contributed by atoms with van der Waals surface area (Å²) < 4.78 is 0. The van der Waals surface area contributed by atoms with Gasteiger partial charge in [0.05, 0.1) is 22.6 Å². The number of fused-ring (bicyclic) bond motifs is 1. The van der Waals surface area contributed by atoms with Gasteiger partial charge in [-0.05, 0) is 50.5 Å². The average molecular weight is 401 g/mol. The number of carboxylic acids is 1. The number of para-hydroxylation sites is 1. The van der Waals surface area contributed by atoms with E-state index in [1.165, 1.54) is 0 Å². The fourth-order valence-corrected chi connectivity index (χ4v) is 3.98. The highest BCUT2D eigenvalue weighted by Gasteiger charge is 2.22. The number of aromatic nitrogens is 2. The molecular formula is C23H23N5O2. The first-order valence-electron chi connectivity index (χ1n) is 10.0. The van der Waals surface area contributed by atoms with Crippen molar-refractivity contribution in [3.8, 4) is 6.07 Å². The minimum absolute atomic E-state index is 0.207. The summed E-state index contributed by atoms with van der Waals surface area (Å²) in [7, 11) is 0. The van der Waals surface area contributed by atoms with Crippen LogP contribution in [0, 0.1) is 18.3 Å². The first-order valence-corrected chi connectivity index (χ1v) is 10.0. The van der Waals surface area contributed by atoms with Crippen LogP contribution in [0.25, 0.3) is 11.0 Å². The van der Waals surface area contributed by atoms with E-state index in [2.05, 4.69) is 21.3 Å². The van der Waals surface area contributed by atoms with E-state index in [1.54, 1.807) is 24.3 Å². The normalized spacial score (nSPS) is 14.5. The lowest BCUT2D eigenvalue weighted by Crippen LogP contribution is -2.21. The Morgan fingerprint density at radius 1 is 1.23 bits per heavy atom. The number of carboxylic acid groups (broad SMARTS) is 1. The van der Waals surface area contributed by atoms with Gasteiger partial charge in [0.1, 0.15) is 6.07 Å². The summed E-state index contributed by atoms with van der Waals surface area (Å²) in [5, 5.41) is 22.4. The van der Waals surface area contributed by atoms with Gasteiger partial charge >= 0.3 is 5.97 Å². The second-order valence-electron chi connectivity index (χ2n) is 7.64. The van der Waals surface area contributed by atoms with E-state index in [4.69, 9.17) is 4.98 Å². The number of benzene rings is 2. The van der Waals surface area contributed by atoms with Crippen LogP contribution in [0.15, 0.2) is 36.4 Å². The van der Waals surface area contributed by atoms with Gasteiger partial charge in [0.2, 0.25) is 0 Å². The van der Waals surface area contributed by atoms with Crippen molar-refractivity contribution in [2.75, 3.05) is 23.3 Å². The first-order chi connectivity index (χ1) is 14.5. The Morgan fingerprint density at radius 3 is 2.67 bits per heavy atom. The zero-order chi connectivity index (χ0) is 21.3. The Morgan fingerprint density at radius 2 is 1.97 bits per heavy atom. The largest absolute Gasteiger partial charge is 0.478 e. The highest BCUT2D eigenvalue weighted by atomic mass is 16.4. The van der Waals surface area contributed by atoms with Crippen molar-refractivity contribution in [1.82, 2.24) is 9.97 Å². The van der Waals surface area contributed by atoms with Crippen molar-refractivity contribution >= 4 is 28.5 Å². The van der Waals surface area contributed by atoms with Gasteiger partial charge in [-0.3, -0.25) is 0 Å². The number of nitrogens with one attached hydrogen (secondary N) is 1. The van der Waals surface area contributed by atoms with Crippen LogP contribution in [-0.2, 0) is 0 Å². The summed E-state index contributed by atoms with van der Waals surface area (Å²) in [5.74, 6) is -0.347. The maximum Gasteiger partial charge on any atom is 0.337 e. The molecule has 1 fully saturated rings. The van der Waals surface area contributed by atoms with Gasteiger partial charge in [-0.1, -0.05) is 18.2 Å². The van der Waals surface area contributed by atoms with Crippen LogP contribution in [0.2, 0.25) is 0 Å². The summed E-state index contributed by atoms with van der Waals surface area (Å²) in [6.45, 7) is 5.69. The monoisotopic (exact) mass is 401 g/mol. The van der Waals surface area contributed by atoms with Crippen LogP contribution in [0.5, 0.6) is 0 Å². The lowest BCUT2D eigenvalue weighted by molar-refractivity contribution is 0.0698. The SMILES string of the molecule is Cc1cc(C(C)Nc2ccccc2C(=O)O)c2nc(N3CCCC3)c(C#N)nc2c1. The lowest BCUT2D eigenvalue weighted by Gasteiger charge is -2.21. The van der Waals surface area contributed by atoms with Gasteiger partial charge in [0, 0.05) is 24.3 Å². The van der Waals surface area contributed by atoms with E-state index in [0.717, 1.165) is 42.6 Å². The van der Waals surface area contributed by atoms with Crippen LogP contribution in [0.1, 0.15) is 53.0 Å². The molecule has 1 unspecified atom stereocenters. The van der Waals surface area contributed by atoms with Crippen LogP contribution >= 0.6 is 0 Å². The topological polar surface area (TPSA) is 102 Å². The summed E-state index contributed by atoms with van der Waals surface area (Å²) in [6.07, 6.45) is 2.16. The van der Waals surface area contributed by atoms with Crippen LogP contribution < -0.4 is 10.2 Å². The van der Waals surface area contributed by atoms with Crippen molar-refractivity contribution in [3.63, 3.8) is 0 Å². The van der Waals surface area contributed by atoms with E-state index in [-0.39, 0.29) is 11.6 Å². The third-order valence-corrected chi connectivity index (χ3v) is 5.43. The van der Waals surface area contributed by atoms with Gasteiger partial charge in [-0.15, -0.1) is 0 Å². The van der Waals surface area contributed by atoms with Crippen molar-refractivity contribution in [1.29, 1.82) is 5.26 Å². The van der Waals surface area contributed by atoms with E-state index >= 15 is 0 Å². The Balaban J connectivity index is 1.81. The smallest absolute Gasteiger partial charge is 0.337 e.